The Hall–Kier alpha value is -2.54. The van der Waals surface area contributed by atoms with E-state index < -0.39 is 23.7 Å². The van der Waals surface area contributed by atoms with Crippen LogP contribution in [0.4, 0.5) is 4.79 Å². The first kappa shape index (κ1) is 23.7. The van der Waals surface area contributed by atoms with Crippen molar-refractivity contribution in [2.75, 3.05) is 13.7 Å². The minimum atomic E-state index is -0.846. The van der Waals surface area contributed by atoms with E-state index in [4.69, 9.17) is 18.9 Å². The maximum atomic E-state index is 12.1. The fourth-order valence-electron chi connectivity index (χ4n) is 3.05. The van der Waals surface area contributed by atoms with Crippen molar-refractivity contribution in [3.05, 3.63) is 42.0 Å². The Morgan fingerprint density at radius 3 is 2.47 bits per heavy atom. The molecule has 2 rings (SSSR count). The van der Waals surface area contributed by atoms with Gasteiger partial charge < -0.3 is 24.3 Å². The third-order valence-electron chi connectivity index (χ3n) is 4.36. The Labute approximate surface area is 178 Å². The van der Waals surface area contributed by atoms with Gasteiger partial charge in [-0.1, -0.05) is 24.3 Å². The number of carbonyl (C=O) groups is 2. The average molecular weight is 420 g/mol. The quantitative estimate of drug-likeness (QED) is 0.535. The van der Waals surface area contributed by atoms with Gasteiger partial charge in [-0.2, -0.15) is 0 Å². The van der Waals surface area contributed by atoms with E-state index in [0.717, 1.165) is 12.0 Å². The van der Waals surface area contributed by atoms with Gasteiger partial charge in [0.1, 0.15) is 24.0 Å². The maximum Gasteiger partial charge on any atom is 0.408 e. The van der Waals surface area contributed by atoms with Crippen LogP contribution in [0.5, 0.6) is 5.75 Å². The summed E-state index contributed by atoms with van der Waals surface area (Å²) in [6.45, 7) is 9.77. The van der Waals surface area contributed by atoms with E-state index in [-0.39, 0.29) is 18.1 Å². The molecule has 1 aliphatic rings. The number of hydrogen-bond donors (Lipinski definition) is 1. The molecule has 0 bridgehead atoms. The highest BCUT2D eigenvalue weighted by Crippen LogP contribution is 2.23. The molecule has 166 valence electrons. The number of benzene rings is 1. The molecule has 7 heteroatoms. The molecule has 1 N–H and O–H groups in total. The second-order valence-electron chi connectivity index (χ2n) is 8.86. The van der Waals surface area contributed by atoms with Gasteiger partial charge in [0, 0.05) is 6.42 Å². The topological polar surface area (TPSA) is 83.1 Å². The average Bonchev–Trinajstić information content (AvgIpc) is 2.64. The lowest BCUT2D eigenvalue weighted by molar-refractivity contribution is -0.143. The highest BCUT2D eigenvalue weighted by atomic mass is 16.6. The molecule has 1 aromatic carbocycles. The highest BCUT2D eigenvalue weighted by Gasteiger charge is 2.26. The van der Waals surface area contributed by atoms with Gasteiger partial charge in [-0.3, -0.25) is 0 Å². The first-order valence-electron chi connectivity index (χ1n) is 10.1. The summed E-state index contributed by atoms with van der Waals surface area (Å²) in [5.41, 5.74) is -0.0801. The third-order valence-corrected chi connectivity index (χ3v) is 4.36. The lowest BCUT2D eigenvalue weighted by Gasteiger charge is -2.31. The highest BCUT2D eigenvalue weighted by molar-refractivity contribution is 5.81. The smallest absolute Gasteiger partial charge is 0.408 e. The van der Waals surface area contributed by atoms with Gasteiger partial charge in [0.25, 0.3) is 0 Å². The van der Waals surface area contributed by atoms with E-state index >= 15 is 0 Å². The first-order chi connectivity index (χ1) is 14.0. The van der Waals surface area contributed by atoms with Gasteiger partial charge in [-0.15, -0.1) is 0 Å². The van der Waals surface area contributed by atoms with Crippen molar-refractivity contribution in [3.63, 3.8) is 0 Å². The van der Waals surface area contributed by atoms with Crippen molar-refractivity contribution >= 4 is 12.1 Å². The van der Waals surface area contributed by atoms with E-state index in [1.165, 1.54) is 7.11 Å². The van der Waals surface area contributed by atoms with Gasteiger partial charge in [0.2, 0.25) is 0 Å². The summed E-state index contributed by atoms with van der Waals surface area (Å²) in [4.78, 5) is 24.1. The minimum Gasteiger partial charge on any atom is -0.491 e. The Bertz CT molecular complexity index is 748. The zero-order valence-corrected chi connectivity index (χ0v) is 18.7. The standard InChI is InChI=1S/C23H33NO6/c1-22(2,3)30-21(26)24-19(20(25)27-6)14-16-9-11-17(12-10-16)28-15-18-8-7-13-23(4,5)29-18/h7,9-13,18-19H,8,14-15H2,1-6H3,(H,24,26)/t18?,19-/m0/s1. The van der Waals surface area contributed by atoms with E-state index in [0.29, 0.717) is 12.4 Å². The Kier molecular flexibility index (Phi) is 7.89. The number of amides is 1. The van der Waals surface area contributed by atoms with Crippen molar-refractivity contribution in [1.82, 2.24) is 5.32 Å². The van der Waals surface area contributed by atoms with Crippen LogP contribution in [0.3, 0.4) is 0 Å². The van der Waals surface area contributed by atoms with E-state index in [1.807, 2.05) is 38.1 Å². The second-order valence-corrected chi connectivity index (χ2v) is 8.86. The van der Waals surface area contributed by atoms with Gasteiger partial charge in [-0.05, 0) is 58.7 Å². The Balaban J connectivity index is 1.92. The van der Waals surface area contributed by atoms with Crippen molar-refractivity contribution < 1.29 is 28.5 Å². The molecule has 0 radical (unpaired) electrons. The summed E-state index contributed by atoms with van der Waals surface area (Å²) in [5, 5.41) is 2.57. The van der Waals surface area contributed by atoms with Crippen molar-refractivity contribution in [2.45, 2.75) is 70.8 Å². The monoisotopic (exact) mass is 419 g/mol. The van der Waals surface area contributed by atoms with E-state index in [9.17, 15) is 9.59 Å². The fraction of sp³-hybridized carbons (Fsp3) is 0.565. The zero-order chi connectivity index (χ0) is 22.4. The van der Waals surface area contributed by atoms with Crippen molar-refractivity contribution in [1.29, 1.82) is 0 Å². The first-order valence-corrected chi connectivity index (χ1v) is 10.1. The molecule has 1 amide bonds. The summed E-state index contributed by atoms with van der Waals surface area (Å²) >= 11 is 0. The van der Waals surface area contributed by atoms with Crippen LogP contribution < -0.4 is 10.1 Å². The Morgan fingerprint density at radius 1 is 1.23 bits per heavy atom. The maximum absolute atomic E-state index is 12.1. The lowest BCUT2D eigenvalue weighted by atomic mass is 10.0. The van der Waals surface area contributed by atoms with E-state index in [2.05, 4.69) is 17.5 Å². The minimum absolute atomic E-state index is 0.00594. The SMILES string of the molecule is COC(=O)[C@H](Cc1ccc(OCC2CC=CC(C)(C)O2)cc1)NC(=O)OC(C)(C)C. The summed E-state index contributed by atoms with van der Waals surface area (Å²) in [6, 6.07) is 6.53. The van der Waals surface area contributed by atoms with Crippen LogP contribution in [0.2, 0.25) is 0 Å². The molecular formula is C23H33NO6. The molecule has 0 aliphatic carbocycles. The van der Waals surface area contributed by atoms with Crippen LogP contribution >= 0.6 is 0 Å². The molecule has 1 heterocycles. The van der Waals surface area contributed by atoms with Crippen molar-refractivity contribution in [3.8, 4) is 5.75 Å². The van der Waals surface area contributed by atoms with Crippen LogP contribution in [-0.2, 0) is 25.4 Å². The zero-order valence-electron chi connectivity index (χ0n) is 18.7. The predicted molar refractivity (Wildman–Crippen MR) is 114 cm³/mol. The van der Waals surface area contributed by atoms with Gasteiger partial charge >= 0.3 is 12.1 Å². The second kappa shape index (κ2) is 9.98. The molecule has 1 unspecified atom stereocenters. The molecule has 7 nitrogen and oxygen atoms in total. The third kappa shape index (κ3) is 8.06. The molecular weight excluding hydrogens is 386 g/mol. The summed E-state index contributed by atoms with van der Waals surface area (Å²) < 4.78 is 21.9. The molecule has 2 atom stereocenters. The van der Waals surface area contributed by atoms with E-state index in [1.54, 1.807) is 20.8 Å². The largest absolute Gasteiger partial charge is 0.491 e. The molecule has 30 heavy (non-hydrogen) atoms. The molecule has 1 aliphatic heterocycles. The van der Waals surface area contributed by atoms with Crippen LogP contribution in [0.15, 0.2) is 36.4 Å². The van der Waals surface area contributed by atoms with Crippen molar-refractivity contribution in [2.24, 2.45) is 0 Å². The molecule has 1 aromatic rings. The van der Waals surface area contributed by atoms with Gasteiger partial charge in [0.15, 0.2) is 0 Å². The number of hydrogen-bond acceptors (Lipinski definition) is 6. The fourth-order valence-corrected chi connectivity index (χ4v) is 3.05. The molecule has 0 aromatic heterocycles. The Morgan fingerprint density at radius 2 is 1.90 bits per heavy atom. The molecule has 0 saturated carbocycles. The predicted octanol–water partition coefficient (Wildman–Crippen LogP) is 3.80. The number of alkyl carbamates (subject to hydrolysis) is 1. The van der Waals surface area contributed by atoms with Gasteiger partial charge in [-0.25, -0.2) is 9.59 Å². The lowest BCUT2D eigenvalue weighted by Crippen LogP contribution is -2.45. The number of nitrogens with one attached hydrogen (secondary N) is 1. The number of rotatable bonds is 7. The summed E-state index contributed by atoms with van der Waals surface area (Å²) in [7, 11) is 1.28. The number of carbonyl (C=O) groups excluding carboxylic acids is 2. The number of esters is 1. The number of methoxy groups -OCH3 is 1. The molecule has 0 saturated heterocycles. The summed E-state index contributed by atoms with van der Waals surface area (Å²) in [5.74, 6) is 0.177. The normalized spacial score (nSPS) is 18.9. The van der Waals surface area contributed by atoms with Crippen LogP contribution in [0.1, 0.15) is 46.6 Å². The summed E-state index contributed by atoms with van der Waals surface area (Å²) in [6.07, 6.45) is 4.61. The molecule has 0 fully saturated rings. The number of ether oxygens (including phenoxy) is 4. The van der Waals surface area contributed by atoms with Crippen LogP contribution in [-0.4, -0.2) is 49.1 Å². The van der Waals surface area contributed by atoms with Crippen LogP contribution in [0.25, 0.3) is 0 Å². The van der Waals surface area contributed by atoms with Crippen LogP contribution in [0, 0.1) is 0 Å². The molecule has 0 spiro atoms. The van der Waals surface area contributed by atoms with Gasteiger partial charge in [0.05, 0.1) is 18.8 Å².